The molecule has 1 amide bonds. The van der Waals surface area contributed by atoms with Gasteiger partial charge in [0, 0.05) is 22.4 Å². The van der Waals surface area contributed by atoms with Crippen molar-refractivity contribution in [2.24, 2.45) is 5.10 Å². The number of aromatic nitrogens is 1. The van der Waals surface area contributed by atoms with Crippen molar-refractivity contribution in [2.45, 2.75) is 20.0 Å². The van der Waals surface area contributed by atoms with Crippen molar-refractivity contribution in [2.75, 3.05) is 0 Å². The molecule has 0 saturated carbocycles. The molecule has 0 bridgehead atoms. The minimum Gasteiger partial charge on any atom is -0.481 e. The Morgan fingerprint density at radius 1 is 1.32 bits per heavy atom. The van der Waals surface area contributed by atoms with Gasteiger partial charge >= 0.3 is 0 Å². The molecule has 1 N–H and O–H groups in total. The van der Waals surface area contributed by atoms with E-state index in [2.05, 4.69) is 31.4 Å². The zero-order valence-corrected chi connectivity index (χ0v) is 13.9. The van der Waals surface area contributed by atoms with Gasteiger partial charge in [0.2, 0.25) is 0 Å². The highest BCUT2D eigenvalue weighted by molar-refractivity contribution is 9.10. The van der Waals surface area contributed by atoms with Gasteiger partial charge in [-0.05, 0) is 44.2 Å². The summed E-state index contributed by atoms with van der Waals surface area (Å²) < 4.78 is 6.47. The molecule has 0 saturated heterocycles. The zero-order chi connectivity index (χ0) is 15.9. The second-order valence-electron chi connectivity index (χ2n) is 4.63. The SMILES string of the molecule is C/C(=N/NC(=O)[C@H](C)Oc1cccc(Br)c1)c1ccncc1. The predicted molar refractivity (Wildman–Crippen MR) is 88.8 cm³/mol. The largest absolute Gasteiger partial charge is 0.481 e. The lowest BCUT2D eigenvalue weighted by Gasteiger charge is -2.13. The number of pyridine rings is 1. The van der Waals surface area contributed by atoms with Crippen molar-refractivity contribution in [3.8, 4) is 5.75 Å². The number of carbonyl (C=O) groups excluding carboxylic acids is 1. The number of benzene rings is 1. The van der Waals surface area contributed by atoms with Crippen LogP contribution in [-0.4, -0.2) is 22.7 Å². The normalized spacial score (nSPS) is 12.6. The number of nitrogens with one attached hydrogen (secondary N) is 1. The van der Waals surface area contributed by atoms with Gasteiger partial charge in [0.05, 0.1) is 5.71 Å². The maximum Gasteiger partial charge on any atom is 0.280 e. The third-order valence-electron chi connectivity index (χ3n) is 2.91. The Kier molecular flexibility index (Phi) is 5.66. The maximum atomic E-state index is 12.0. The molecule has 5 nitrogen and oxygen atoms in total. The van der Waals surface area contributed by atoms with Crippen LogP contribution in [-0.2, 0) is 4.79 Å². The molecule has 2 aromatic rings. The summed E-state index contributed by atoms with van der Waals surface area (Å²) in [7, 11) is 0. The summed E-state index contributed by atoms with van der Waals surface area (Å²) in [5, 5.41) is 4.07. The molecule has 6 heteroatoms. The first-order valence-corrected chi connectivity index (χ1v) is 7.52. The first-order chi connectivity index (χ1) is 10.6. The lowest BCUT2D eigenvalue weighted by Crippen LogP contribution is -2.33. The van der Waals surface area contributed by atoms with Gasteiger partial charge in [0.15, 0.2) is 6.10 Å². The Hall–Kier alpha value is -2.21. The molecule has 1 heterocycles. The third-order valence-corrected chi connectivity index (χ3v) is 3.40. The maximum absolute atomic E-state index is 12.0. The summed E-state index contributed by atoms with van der Waals surface area (Å²) >= 11 is 3.36. The van der Waals surface area contributed by atoms with E-state index in [-0.39, 0.29) is 5.91 Å². The molecule has 2 rings (SSSR count). The molecule has 0 fully saturated rings. The van der Waals surface area contributed by atoms with Gasteiger partial charge in [-0.25, -0.2) is 5.43 Å². The standard InChI is InChI=1S/C16H16BrN3O2/c1-11(13-6-8-18-9-7-13)19-20-16(21)12(2)22-15-5-3-4-14(17)10-15/h3-10,12H,1-2H3,(H,20,21)/b19-11-/t12-/m0/s1. The van der Waals surface area contributed by atoms with E-state index in [1.54, 1.807) is 31.5 Å². The van der Waals surface area contributed by atoms with Crippen LogP contribution in [0.5, 0.6) is 5.75 Å². The highest BCUT2D eigenvalue weighted by atomic mass is 79.9. The van der Waals surface area contributed by atoms with Gasteiger partial charge in [-0.1, -0.05) is 22.0 Å². The van der Waals surface area contributed by atoms with Crippen LogP contribution >= 0.6 is 15.9 Å². The highest BCUT2D eigenvalue weighted by Crippen LogP contribution is 2.18. The van der Waals surface area contributed by atoms with E-state index in [0.717, 1.165) is 10.0 Å². The van der Waals surface area contributed by atoms with Crippen LogP contribution in [0.2, 0.25) is 0 Å². The van der Waals surface area contributed by atoms with E-state index in [1.807, 2.05) is 31.2 Å². The van der Waals surface area contributed by atoms with Gasteiger partial charge in [0.1, 0.15) is 5.75 Å². The molecule has 0 spiro atoms. The highest BCUT2D eigenvalue weighted by Gasteiger charge is 2.14. The quantitative estimate of drug-likeness (QED) is 0.657. The first kappa shape index (κ1) is 16.2. The van der Waals surface area contributed by atoms with E-state index in [9.17, 15) is 4.79 Å². The monoisotopic (exact) mass is 361 g/mol. The molecule has 1 aromatic carbocycles. The molecule has 0 aliphatic heterocycles. The van der Waals surface area contributed by atoms with Crippen LogP contribution in [0.3, 0.4) is 0 Å². The van der Waals surface area contributed by atoms with Crippen LogP contribution in [0.1, 0.15) is 19.4 Å². The molecule has 0 radical (unpaired) electrons. The van der Waals surface area contributed by atoms with E-state index < -0.39 is 6.10 Å². The Labute approximate surface area is 137 Å². The number of hydrogen-bond acceptors (Lipinski definition) is 4. The summed E-state index contributed by atoms with van der Waals surface area (Å²) in [5.41, 5.74) is 4.11. The lowest BCUT2D eigenvalue weighted by atomic mass is 10.2. The average Bonchev–Trinajstić information content (AvgIpc) is 2.53. The van der Waals surface area contributed by atoms with Crippen molar-refractivity contribution < 1.29 is 9.53 Å². The Morgan fingerprint density at radius 2 is 2.05 bits per heavy atom. The molecule has 0 aliphatic rings. The average molecular weight is 362 g/mol. The van der Waals surface area contributed by atoms with Gasteiger partial charge in [-0.3, -0.25) is 9.78 Å². The number of amides is 1. The Morgan fingerprint density at radius 3 is 2.73 bits per heavy atom. The summed E-state index contributed by atoms with van der Waals surface area (Å²) in [4.78, 5) is 15.9. The van der Waals surface area contributed by atoms with Gasteiger partial charge < -0.3 is 4.74 Å². The van der Waals surface area contributed by atoms with Crippen molar-refractivity contribution >= 4 is 27.5 Å². The molecule has 1 aromatic heterocycles. The number of halogens is 1. The topological polar surface area (TPSA) is 63.6 Å². The van der Waals surface area contributed by atoms with Crippen LogP contribution in [0, 0.1) is 0 Å². The molecular formula is C16H16BrN3O2. The molecule has 0 aliphatic carbocycles. The van der Waals surface area contributed by atoms with Crippen LogP contribution < -0.4 is 10.2 Å². The molecule has 22 heavy (non-hydrogen) atoms. The lowest BCUT2D eigenvalue weighted by molar-refractivity contribution is -0.127. The number of hydrogen-bond donors (Lipinski definition) is 1. The fourth-order valence-corrected chi connectivity index (χ4v) is 2.06. The minimum absolute atomic E-state index is 0.312. The summed E-state index contributed by atoms with van der Waals surface area (Å²) in [6.45, 7) is 3.49. The van der Waals surface area contributed by atoms with Gasteiger partial charge in [-0.15, -0.1) is 0 Å². The number of nitrogens with zero attached hydrogens (tertiary/aromatic N) is 2. The summed E-state index contributed by atoms with van der Waals surface area (Å²) in [6.07, 6.45) is 2.70. The van der Waals surface area contributed by atoms with Crippen molar-refractivity contribution in [1.29, 1.82) is 0 Å². The number of rotatable bonds is 5. The second-order valence-corrected chi connectivity index (χ2v) is 5.54. The van der Waals surface area contributed by atoms with E-state index in [0.29, 0.717) is 11.5 Å². The first-order valence-electron chi connectivity index (χ1n) is 6.73. The molecule has 114 valence electrons. The van der Waals surface area contributed by atoms with Crippen molar-refractivity contribution in [1.82, 2.24) is 10.4 Å². The van der Waals surface area contributed by atoms with E-state index in [4.69, 9.17) is 4.74 Å². The molecular weight excluding hydrogens is 346 g/mol. The third kappa shape index (κ3) is 4.66. The van der Waals surface area contributed by atoms with Crippen LogP contribution in [0.25, 0.3) is 0 Å². The fraction of sp³-hybridized carbons (Fsp3) is 0.188. The smallest absolute Gasteiger partial charge is 0.280 e. The molecule has 0 unspecified atom stereocenters. The second kappa shape index (κ2) is 7.70. The Bertz CT molecular complexity index is 674. The van der Waals surface area contributed by atoms with Crippen molar-refractivity contribution in [3.05, 3.63) is 58.8 Å². The minimum atomic E-state index is -0.650. The zero-order valence-electron chi connectivity index (χ0n) is 12.3. The predicted octanol–water partition coefficient (Wildman–Crippen LogP) is 3.15. The summed E-state index contributed by atoms with van der Waals surface area (Å²) in [5.74, 6) is 0.306. The number of ether oxygens (including phenoxy) is 1. The van der Waals surface area contributed by atoms with Crippen LogP contribution in [0.4, 0.5) is 0 Å². The Balaban J connectivity index is 1.94. The fourth-order valence-electron chi connectivity index (χ4n) is 1.69. The number of carbonyl (C=O) groups is 1. The van der Waals surface area contributed by atoms with Crippen LogP contribution in [0.15, 0.2) is 58.4 Å². The van der Waals surface area contributed by atoms with E-state index in [1.165, 1.54) is 0 Å². The number of hydrazone groups is 1. The van der Waals surface area contributed by atoms with Gasteiger partial charge in [-0.2, -0.15) is 5.10 Å². The van der Waals surface area contributed by atoms with Crippen molar-refractivity contribution in [3.63, 3.8) is 0 Å². The van der Waals surface area contributed by atoms with Gasteiger partial charge in [0.25, 0.3) is 5.91 Å². The van der Waals surface area contributed by atoms with E-state index >= 15 is 0 Å². The summed E-state index contributed by atoms with van der Waals surface area (Å²) in [6, 6.07) is 11.0. The molecule has 1 atom stereocenters.